The number of hydrogen-bond acceptors (Lipinski definition) is 8. The normalized spacial score (nSPS) is 31.9. The second-order valence-electron chi connectivity index (χ2n) is 6.37. The molecule has 0 aliphatic carbocycles. The number of carbonyl (C=O) groups is 1. The van der Waals surface area contributed by atoms with Crippen molar-refractivity contribution in [1.82, 2.24) is 0 Å². The largest absolute Gasteiger partial charge is 0.435 e. The van der Waals surface area contributed by atoms with Gasteiger partial charge in [0.2, 0.25) is 6.29 Å². The van der Waals surface area contributed by atoms with Gasteiger partial charge in [0.1, 0.15) is 6.10 Å². The van der Waals surface area contributed by atoms with E-state index in [9.17, 15) is 18.3 Å². The summed E-state index contributed by atoms with van der Waals surface area (Å²) in [5, 5.41) is 10.4. The first kappa shape index (κ1) is 21.3. The Morgan fingerprint density at radius 1 is 1.29 bits per heavy atom. The van der Waals surface area contributed by atoms with E-state index in [1.165, 1.54) is 0 Å². The van der Waals surface area contributed by atoms with Crippen molar-refractivity contribution >= 4 is 16.9 Å². The van der Waals surface area contributed by atoms with E-state index >= 15 is 0 Å². The van der Waals surface area contributed by atoms with Crippen molar-refractivity contribution in [3.05, 3.63) is 0 Å². The maximum absolute atomic E-state index is 10.8. The van der Waals surface area contributed by atoms with Gasteiger partial charge in [-0.2, -0.15) is 8.42 Å². The van der Waals surface area contributed by atoms with E-state index in [0.717, 1.165) is 0 Å². The lowest BCUT2D eigenvalue weighted by molar-refractivity contribution is -0.236. The van der Waals surface area contributed by atoms with Gasteiger partial charge in [-0.15, -0.1) is 0 Å². The van der Waals surface area contributed by atoms with Crippen molar-refractivity contribution in [2.24, 2.45) is 11.8 Å². The van der Waals surface area contributed by atoms with Crippen molar-refractivity contribution in [2.75, 3.05) is 6.61 Å². The zero-order chi connectivity index (χ0) is 18.5. The van der Waals surface area contributed by atoms with E-state index in [4.69, 9.17) is 18.8 Å². The third kappa shape index (κ3) is 6.61. The maximum Gasteiger partial charge on any atom is 0.397 e. The van der Waals surface area contributed by atoms with Crippen LogP contribution in [0.5, 0.6) is 0 Å². The summed E-state index contributed by atoms with van der Waals surface area (Å²) in [6.07, 6.45) is -3.87. The van der Waals surface area contributed by atoms with Crippen LogP contribution in [0.3, 0.4) is 0 Å². The Bertz CT molecular complexity index is 490. The van der Waals surface area contributed by atoms with E-state index in [1.807, 2.05) is 13.8 Å². The Hall–Kier alpha value is -0.780. The van der Waals surface area contributed by atoms with Crippen LogP contribution in [0, 0.1) is 11.8 Å². The van der Waals surface area contributed by atoms with E-state index in [2.05, 4.69) is 4.18 Å². The molecule has 1 fully saturated rings. The standard InChI is InChI=1S/C14H26O9S/c1-8(2)12-10(6-21-24(17,18)19)5-11(16)13(22-9(3)4)14(23-12)20-7-15/h7-14,16H,5-6H2,1-4H3,(H,17,18,19)/t10-,11?,12+,13+,14?/m1/s1. The molecular weight excluding hydrogens is 344 g/mol. The lowest BCUT2D eigenvalue weighted by Gasteiger charge is -2.31. The van der Waals surface area contributed by atoms with E-state index < -0.39 is 40.9 Å². The van der Waals surface area contributed by atoms with Gasteiger partial charge in [-0.1, -0.05) is 13.8 Å². The van der Waals surface area contributed by atoms with Crippen LogP contribution in [0.25, 0.3) is 0 Å². The molecule has 2 N–H and O–H groups in total. The number of ether oxygens (including phenoxy) is 3. The summed E-state index contributed by atoms with van der Waals surface area (Å²) in [5.41, 5.74) is 0. The van der Waals surface area contributed by atoms with Crippen LogP contribution < -0.4 is 0 Å². The van der Waals surface area contributed by atoms with Crippen molar-refractivity contribution in [1.29, 1.82) is 0 Å². The highest BCUT2D eigenvalue weighted by Crippen LogP contribution is 2.31. The van der Waals surface area contributed by atoms with Gasteiger partial charge in [0.15, 0.2) is 0 Å². The lowest BCUT2D eigenvalue weighted by atomic mass is 9.89. The molecule has 2 unspecified atom stereocenters. The van der Waals surface area contributed by atoms with Gasteiger partial charge in [0.05, 0.1) is 24.9 Å². The predicted molar refractivity (Wildman–Crippen MR) is 82.3 cm³/mol. The molecule has 1 rings (SSSR count). The first-order valence-corrected chi connectivity index (χ1v) is 9.11. The molecule has 0 aromatic heterocycles. The van der Waals surface area contributed by atoms with Gasteiger partial charge in [0, 0.05) is 5.92 Å². The molecule has 1 aliphatic heterocycles. The molecule has 24 heavy (non-hydrogen) atoms. The molecule has 1 saturated heterocycles. The molecule has 9 nitrogen and oxygen atoms in total. The van der Waals surface area contributed by atoms with E-state index in [0.29, 0.717) is 0 Å². The van der Waals surface area contributed by atoms with E-state index in [-0.39, 0.29) is 31.5 Å². The van der Waals surface area contributed by atoms with Crippen LogP contribution in [0.4, 0.5) is 0 Å². The van der Waals surface area contributed by atoms with Gasteiger partial charge in [0.25, 0.3) is 6.47 Å². The Morgan fingerprint density at radius 2 is 1.92 bits per heavy atom. The molecule has 0 spiro atoms. The van der Waals surface area contributed by atoms with Crippen molar-refractivity contribution in [3.8, 4) is 0 Å². The minimum absolute atomic E-state index is 0.0917. The predicted octanol–water partition coefficient (Wildman–Crippen LogP) is 0.521. The molecule has 142 valence electrons. The highest BCUT2D eigenvalue weighted by Gasteiger charge is 2.43. The molecule has 1 aliphatic rings. The number of hydrogen-bond donors (Lipinski definition) is 2. The van der Waals surface area contributed by atoms with Crippen molar-refractivity contribution < 1.29 is 41.3 Å². The first-order valence-electron chi connectivity index (χ1n) is 7.75. The van der Waals surface area contributed by atoms with Gasteiger partial charge in [-0.05, 0) is 26.2 Å². The molecule has 5 atom stereocenters. The number of aliphatic hydroxyl groups is 1. The molecule has 1 heterocycles. The zero-order valence-corrected chi connectivity index (χ0v) is 15.0. The summed E-state index contributed by atoms with van der Waals surface area (Å²) < 4.78 is 51.2. The molecule has 0 bridgehead atoms. The Kier molecular flexibility index (Phi) is 8.03. The van der Waals surface area contributed by atoms with Crippen LogP contribution in [0.15, 0.2) is 0 Å². The Balaban J connectivity index is 3.03. The monoisotopic (exact) mass is 370 g/mol. The molecule has 10 heteroatoms. The zero-order valence-electron chi connectivity index (χ0n) is 14.2. The van der Waals surface area contributed by atoms with Gasteiger partial charge < -0.3 is 19.3 Å². The summed E-state index contributed by atoms with van der Waals surface area (Å²) in [6, 6.07) is 0. The maximum atomic E-state index is 10.8. The van der Waals surface area contributed by atoms with Crippen LogP contribution in [0.2, 0.25) is 0 Å². The minimum atomic E-state index is -4.61. The average Bonchev–Trinajstić information content (AvgIpc) is 2.55. The topological polar surface area (TPSA) is 129 Å². The van der Waals surface area contributed by atoms with Crippen molar-refractivity contribution in [3.63, 3.8) is 0 Å². The lowest BCUT2D eigenvalue weighted by Crippen LogP contribution is -2.43. The van der Waals surface area contributed by atoms with E-state index in [1.54, 1.807) is 13.8 Å². The smallest absolute Gasteiger partial charge is 0.397 e. The van der Waals surface area contributed by atoms with Crippen LogP contribution in [-0.2, 0) is 33.6 Å². The summed E-state index contributed by atoms with van der Waals surface area (Å²) in [5.74, 6) is -0.650. The SMILES string of the molecule is CC(C)O[C@H]1C(O)C[C@H](COS(=O)(=O)O)[C@H](C(C)C)OC1OC=O. The average molecular weight is 370 g/mol. The Morgan fingerprint density at radius 3 is 2.38 bits per heavy atom. The number of aliphatic hydroxyl groups excluding tert-OH is 1. The molecule has 0 amide bonds. The fraction of sp³-hybridized carbons (Fsp3) is 0.929. The molecule has 0 aromatic carbocycles. The fourth-order valence-electron chi connectivity index (χ4n) is 2.77. The second-order valence-corrected chi connectivity index (χ2v) is 7.46. The number of rotatable bonds is 8. The summed E-state index contributed by atoms with van der Waals surface area (Å²) in [7, 11) is -4.61. The molecule has 0 aromatic rings. The van der Waals surface area contributed by atoms with Gasteiger partial charge in [-0.25, -0.2) is 4.18 Å². The van der Waals surface area contributed by atoms with Crippen molar-refractivity contribution in [2.45, 2.75) is 64.8 Å². The highest BCUT2D eigenvalue weighted by molar-refractivity contribution is 7.80. The second kappa shape index (κ2) is 9.07. The molecule has 0 radical (unpaired) electrons. The third-order valence-electron chi connectivity index (χ3n) is 3.65. The summed E-state index contributed by atoms with van der Waals surface area (Å²) >= 11 is 0. The fourth-order valence-corrected chi connectivity index (χ4v) is 3.12. The van der Waals surface area contributed by atoms with Crippen LogP contribution in [0.1, 0.15) is 34.1 Å². The van der Waals surface area contributed by atoms with Gasteiger partial charge in [-0.3, -0.25) is 9.35 Å². The highest BCUT2D eigenvalue weighted by atomic mass is 32.3. The quantitative estimate of drug-likeness (QED) is 0.464. The first-order chi connectivity index (χ1) is 11.0. The van der Waals surface area contributed by atoms with Gasteiger partial charge >= 0.3 is 10.4 Å². The summed E-state index contributed by atoms with van der Waals surface area (Å²) in [4.78, 5) is 10.8. The molecular formula is C14H26O9S. The summed E-state index contributed by atoms with van der Waals surface area (Å²) in [6.45, 7) is 7.02. The third-order valence-corrected chi connectivity index (χ3v) is 4.09. The van der Waals surface area contributed by atoms with Crippen LogP contribution in [-0.4, -0.2) is 61.9 Å². The number of carbonyl (C=O) groups excluding carboxylic acids is 1. The molecule has 0 saturated carbocycles. The minimum Gasteiger partial charge on any atom is -0.435 e. The van der Waals surface area contributed by atoms with Crippen LogP contribution >= 0.6 is 0 Å². The Labute approximate surface area is 142 Å².